The second-order valence-corrected chi connectivity index (χ2v) is 8.30. The van der Waals surface area contributed by atoms with Gasteiger partial charge < -0.3 is 10.1 Å². The van der Waals surface area contributed by atoms with Gasteiger partial charge in [-0.05, 0) is 44.4 Å². The summed E-state index contributed by atoms with van der Waals surface area (Å²) in [6.45, 7) is 8.04. The summed E-state index contributed by atoms with van der Waals surface area (Å²) in [6.07, 6.45) is 2.73. The Balaban J connectivity index is 2.73. The molecular formula is C18H28N2O4S. The summed E-state index contributed by atoms with van der Waals surface area (Å²) < 4.78 is 31.6. The van der Waals surface area contributed by atoms with Crippen LogP contribution in [0.25, 0.3) is 6.08 Å². The first-order chi connectivity index (χ1) is 11.6. The molecule has 0 aliphatic carbocycles. The van der Waals surface area contributed by atoms with Gasteiger partial charge in [-0.3, -0.25) is 0 Å². The van der Waals surface area contributed by atoms with E-state index in [0.717, 1.165) is 29.4 Å². The van der Waals surface area contributed by atoms with Crippen LogP contribution in [0.3, 0.4) is 0 Å². The standard InChI is InChI=1S/C18H28N2O4S/c1-5-6-12-20-25(22,23)13-11-15-9-7-8-10-16(15)14-19-17(21)24-18(2,3)4/h7-11,13,20H,5-6,12,14H2,1-4H3,(H,19,21)/b13-11+. The van der Waals surface area contributed by atoms with Crippen molar-refractivity contribution < 1.29 is 17.9 Å². The lowest BCUT2D eigenvalue weighted by Crippen LogP contribution is -2.32. The van der Waals surface area contributed by atoms with E-state index in [-0.39, 0.29) is 6.54 Å². The highest BCUT2D eigenvalue weighted by Gasteiger charge is 2.16. The Bertz CT molecular complexity index is 691. The van der Waals surface area contributed by atoms with Gasteiger partial charge in [0.05, 0.1) is 0 Å². The lowest BCUT2D eigenvalue weighted by atomic mass is 10.1. The fourth-order valence-electron chi connectivity index (χ4n) is 1.94. The van der Waals surface area contributed by atoms with Gasteiger partial charge in [0.2, 0.25) is 10.0 Å². The number of hydrogen-bond acceptors (Lipinski definition) is 4. The number of amides is 1. The Labute approximate surface area is 150 Å². The first-order valence-corrected chi connectivity index (χ1v) is 9.90. The number of ether oxygens (including phenoxy) is 1. The first kappa shape index (κ1) is 21.2. The highest BCUT2D eigenvalue weighted by molar-refractivity contribution is 7.92. The van der Waals surface area contributed by atoms with Gasteiger partial charge in [0, 0.05) is 18.5 Å². The van der Waals surface area contributed by atoms with Crippen LogP contribution in [0.2, 0.25) is 0 Å². The Hall–Kier alpha value is -1.86. The molecule has 0 atom stereocenters. The Kier molecular flexibility index (Phi) is 8.12. The van der Waals surface area contributed by atoms with Gasteiger partial charge in [-0.2, -0.15) is 0 Å². The molecule has 1 aromatic carbocycles. The number of sulfonamides is 1. The molecule has 0 fully saturated rings. The van der Waals surface area contributed by atoms with Crippen LogP contribution in [-0.4, -0.2) is 26.7 Å². The fourth-order valence-corrected chi connectivity index (χ4v) is 2.79. The minimum Gasteiger partial charge on any atom is -0.444 e. The summed E-state index contributed by atoms with van der Waals surface area (Å²) in [5.74, 6) is 0. The molecule has 140 valence electrons. The second kappa shape index (κ2) is 9.58. The second-order valence-electron chi connectivity index (χ2n) is 6.65. The quantitative estimate of drug-likeness (QED) is 0.689. The SMILES string of the molecule is CCCCNS(=O)(=O)/C=C/c1ccccc1CNC(=O)OC(C)(C)C. The summed E-state index contributed by atoms with van der Waals surface area (Å²) in [4.78, 5) is 11.7. The van der Waals surface area contributed by atoms with Crippen LogP contribution in [0.15, 0.2) is 29.7 Å². The minimum atomic E-state index is -3.47. The van der Waals surface area contributed by atoms with Crippen molar-refractivity contribution in [1.29, 1.82) is 0 Å². The maximum Gasteiger partial charge on any atom is 0.407 e. The molecule has 2 N–H and O–H groups in total. The minimum absolute atomic E-state index is 0.249. The van der Waals surface area contributed by atoms with Crippen LogP contribution in [0.1, 0.15) is 51.7 Å². The van der Waals surface area contributed by atoms with E-state index >= 15 is 0 Å². The van der Waals surface area contributed by atoms with E-state index in [9.17, 15) is 13.2 Å². The van der Waals surface area contributed by atoms with Crippen molar-refractivity contribution in [2.75, 3.05) is 6.54 Å². The molecule has 1 rings (SSSR count). The molecular weight excluding hydrogens is 340 g/mol. The normalized spacial score (nSPS) is 12.3. The topological polar surface area (TPSA) is 84.5 Å². The number of hydrogen-bond donors (Lipinski definition) is 2. The smallest absolute Gasteiger partial charge is 0.407 e. The number of carbonyl (C=O) groups excluding carboxylic acids is 1. The average molecular weight is 368 g/mol. The predicted molar refractivity (Wildman–Crippen MR) is 100 cm³/mol. The zero-order chi connectivity index (χ0) is 18.9. The molecule has 0 spiro atoms. The van der Waals surface area contributed by atoms with Gasteiger partial charge in [-0.1, -0.05) is 37.6 Å². The highest BCUT2D eigenvalue weighted by atomic mass is 32.2. The van der Waals surface area contributed by atoms with Crippen LogP contribution in [0.4, 0.5) is 4.79 Å². The summed E-state index contributed by atoms with van der Waals surface area (Å²) in [5, 5.41) is 3.82. The van der Waals surface area contributed by atoms with Crippen LogP contribution >= 0.6 is 0 Å². The van der Waals surface area contributed by atoms with Crippen molar-refractivity contribution in [3.63, 3.8) is 0 Å². The number of carbonyl (C=O) groups is 1. The van der Waals surface area contributed by atoms with Crippen LogP contribution < -0.4 is 10.0 Å². The van der Waals surface area contributed by atoms with E-state index in [1.54, 1.807) is 26.8 Å². The zero-order valence-corrected chi connectivity index (χ0v) is 16.2. The van der Waals surface area contributed by atoms with Gasteiger partial charge in [-0.15, -0.1) is 0 Å². The van der Waals surface area contributed by atoms with E-state index < -0.39 is 21.7 Å². The Morgan fingerprint density at radius 2 is 1.92 bits per heavy atom. The third kappa shape index (κ3) is 9.26. The van der Waals surface area contributed by atoms with Gasteiger partial charge in [0.15, 0.2) is 0 Å². The van der Waals surface area contributed by atoms with E-state index in [0.29, 0.717) is 6.54 Å². The molecule has 0 aliphatic rings. The average Bonchev–Trinajstić information content (AvgIpc) is 2.50. The number of benzene rings is 1. The van der Waals surface area contributed by atoms with Gasteiger partial charge in [-0.25, -0.2) is 17.9 Å². The summed E-state index contributed by atoms with van der Waals surface area (Å²) in [6, 6.07) is 7.27. The summed E-state index contributed by atoms with van der Waals surface area (Å²) >= 11 is 0. The molecule has 0 saturated carbocycles. The number of rotatable bonds is 8. The first-order valence-electron chi connectivity index (χ1n) is 8.35. The molecule has 0 aromatic heterocycles. The predicted octanol–water partition coefficient (Wildman–Crippen LogP) is 3.40. The molecule has 0 heterocycles. The van der Waals surface area contributed by atoms with Crippen LogP contribution in [0, 0.1) is 0 Å². The fraction of sp³-hybridized carbons (Fsp3) is 0.500. The lowest BCUT2D eigenvalue weighted by molar-refractivity contribution is 0.0523. The van der Waals surface area contributed by atoms with E-state index in [2.05, 4.69) is 10.0 Å². The Morgan fingerprint density at radius 1 is 1.24 bits per heavy atom. The molecule has 1 aromatic rings. The largest absolute Gasteiger partial charge is 0.444 e. The van der Waals surface area contributed by atoms with Crippen molar-refractivity contribution in [2.24, 2.45) is 0 Å². The monoisotopic (exact) mass is 368 g/mol. The van der Waals surface area contributed by atoms with Crippen LogP contribution in [-0.2, 0) is 21.3 Å². The van der Waals surface area contributed by atoms with Crippen molar-refractivity contribution in [2.45, 2.75) is 52.7 Å². The molecule has 1 amide bonds. The number of alkyl carbamates (subject to hydrolysis) is 1. The third-order valence-corrected chi connectivity index (χ3v) is 4.24. The molecule has 6 nitrogen and oxygen atoms in total. The number of nitrogens with one attached hydrogen (secondary N) is 2. The highest BCUT2D eigenvalue weighted by Crippen LogP contribution is 2.12. The van der Waals surface area contributed by atoms with Crippen molar-refractivity contribution in [3.8, 4) is 0 Å². The molecule has 25 heavy (non-hydrogen) atoms. The summed E-state index contributed by atoms with van der Waals surface area (Å²) in [7, 11) is -3.47. The Morgan fingerprint density at radius 3 is 2.56 bits per heavy atom. The van der Waals surface area contributed by atoms with Gasteiger partial charge in [0.25, 0.3) is 0 Å². The molecule has 7 heteroatoms. The number of unbranched alkanes of at least 4 members (excludes halogenated alkanes) is 1. The maximum atomic E-state index is 11.9. The molecule has 0 radical (unpaired) electrons. The van der Waals surface area contributed by atoms with Gasteiger partial charge in [0.1, 0.15) is 5.60 Å². The molecule has 0 unspecified atom stereocenters. The zero-order valence-electron chi connectivity index (χ0n) is 15.3. The van der Waals surface area contributed by atoms with Crippen molar-refractivity contribution >= 4 is 22.2 Å². The summed E-state index contributed by atoms with van der Waals surface area (Å²) in [5.41, 5.74) is 0.953. The van der Waals surface area contributed by atoms with Crippen molar-refractivity contribution in [3.05, 3.63) is 40.8 Å². The van der Waals surface area contributed by atoms with Crippen LogP contribution in [0.5, 0.6) is 0 Å². The lowest BCUT2D eigenvalue weighted by Gasteiger charge is -2.19. The molecule has 0 aliphatic heterocycles. The van der Waals surface area contributed by atoms with E-state index in [1.807, 2.05) is 25.1 Å². The third-order valence-electron chi connectivity index (χ3n) is 3.14. The van der Waals surface area contributed by atoms with E-state index in [1.165, 1.54) is 6.08 Å². The van der Waals surface area contributed by atoms with Gasteiger partial charge >= 0.3 is 6.09 Å². The van der Waals surface area contributed by atoms with Crippen molar-refractivity contribution in [1.82, 2.24) is 10.0 Å². The van der Waals surface area contributed by atoms with E-state index in [4.69, 9.17) is 4.74 Å². The maximum absolute atomic E-state index is 11.9. The molecule has 0 bridgehead atoms. The molecule has 0 saturated heterocycles.